The van der Waals surface area contributed by atoms with Crippen LogP contribution in [0.1, 0.15) is 11.4 Å². The van der Waals surface area contributed by atoms with Gasteiger partial charge in [0.1, 0.15) is 12.1 Å². The summed E-state index contributed by atoms with van der Waals surface area (Å²) in [4.78, 5) is 14.5. The molecule has 72 valence electrons. The minimum absolute atomic E-state index is 0.422. The Kier molecular flexibility index (Phi) is 2.25. The molecule has 0 amide bonds. The van der Waals surface area contributed by atoms with Crippen LogP contribution in [0.3, 0.4) is 0 Å². The third-order valence-electron chi connectivity index (χ3n) is 2.15. The van der Waals surface area contributed by atoms with Crippen LogP contribution >= 0.6 is 11.6 Å². The van der Waals surface area contributed by atoms with Gasteiger partial charge in [-0.2, -0.15) is 0 Å². The van der Waals surface area contributed by atoms with Gasteiger partial charge in [0, 0.05) is 12.6 Å². The van der Waals surface area contributed by atoms with Gasteiger partial charge in [-0.1, -0.05) is 17.7 Å². The largest absolute Gasteiger partial charge is 0.303 e. The minimum Gasteiger partial charge on any atom is -0.303 e. The van der Waals surface area contributed by atoms with Crippen molar-refractivity contribution in [3.05, 3.63) is 34.9 Å². The topological polar surface area (TPSA) is 34.4 Å². The summed E-state index contributed by atoms with van der Waals surface area (Å²) in [6.07, 6.45) is 3.19. The quantitative estimate of drug-likeness (QED) is 0.708. The average Bonchev–Trinajstić information content (AvgIpc) is 2.43. The zero-order valence-corrected chi connectivity index (χ0v) is 8.45. The van der Waals surface area contributed by atoms with Crippen molar-refractivity contribution >= 4 is 23.4 Å². The second kappa shape index (κ2) is 3.42. The fraction of sp³-hybridized carbons (Fsp3) is 0.200. The molecule has 14 heavy (non-hydrogen) atoms. The monoisotopic (exact) mass is 208 g/mol. The third kappa shape index (κ3) is 1.40. The number of halogens is 1. The molecule has 0 saturated carbocycles. The molecule has 0 aromatic carbocycles. The molecule has 0 bridgehead atoms. The van der Waals surface area contributed by atoms with Crippen LogP contribution in [0.25, 0.3) is 5.52 Å². The smallest absolute Gasteiger partial charge is 0.155 e. The van der Waals surface area contributed by atoms with E-state index in [1.165, 1.54) is 0 Å². The molecular formula is C10H9ClN2O. The normalized spacial score (nSPS) is 10.7. The molecule has 2 heterocycles. The first-order chi connectivity index (χ1) is 6.72. The highest BCUT2D eigenvalue weighted by Gasteiger charge is 2.05. The Morgan fingerprint density at radius 1 is 1.57 bits per heavy atom. The zero-order valence-electron chi connectivity index (χ0n) is 7.70. The molecule has 0 N–H and O–H groups in total. The number of aryl methyl sites for hydroxylation is 1. The number of aromatic nitrogens is 2. The van der Waals surface area contributed by atoms with Crippen LogP contribution in [0.5, 0.6) is 0 Å². The number of hydrogen-bond acceptors (Lipinski definition) is 2. The van der Waals surface area contributed by atoms with E-state index in [9.17, 15) is 4.79 Å². The second-order valence-electron chi connectivity index (χ2n) is 3.11. The lowest BCUT2D eigenvalue weighted by Crippen LogP contribution is -1.92. The van der Waals surface area contributed by atoms with E-state index >= 15 is 0 Å². The maximum absolute atomic E-state index is 10.3. The second-order valence-corrected chi connectivity index (χ2v) is 3.47. The van der Waals surface area contributed by atoms with E-state index in [1.54, 1.807) is 0 Å². The fourth-order valence-electron chi connectivity index (χ4n) is 1.45. The van der Waals surface area contributed by atoms with Crippen molar-refractivity contribution in [3.63, 3.8) is 0 Å². The maximum atomic E-state index is 10.3. The number of carbonyl (C=O) groups is 1. The standard InChI is InChI=1S/C10H9ClN2O/c1-7-12-10(11)9-3-2-8(4-5-14)6-13(7)9/h2-3,5-6H,4H2,1H3. The highest BCUT2D eigenvalue weighted by Crippen LogP contribution is 2.18. The zero-order chi connectivity index (χ0) is 10.1. The van der Waals surface area contributed by atoms with E-state index in [1.807, 2.05) is 29.7 Å². The molecule has 2 aromatic heterocycles. The number of fused-ring (bicyclic) bond motifs is 1. The SMILES string of the molecule is Cc1nc(Cl)c2ccc(CC=O)cn12. The van der Waals surface area contributed by atoms with Gasteiger partial charge in [-0.15, -0.1) is 0 Å². The molecule has 2 rings (SSSR count). The predicted molar refractivity (Wildman–Crippen MR) is 54.7 cm³/mol. The van der Waals surface area contributed by atoms with Crippen molar-refractivity contribution in [1.29, 1.82) is 0 Å². The number of imidazole rings is 1. The van der Waals surface area contributed by atoms with Gasteiger partial charge in [0.05, 0.1) is 5.52 Å². The number of nitrogens with zero attached hydrogens (tertiary/aromatic N) is 2. The van der Waals surface area contributed by atoms with Crippen LogP contribution in [-0.2, 0) is 11.2 Å². The summed E-state index contributed by atoms with van der Waals surface area (Å²) in [5, 5.41) is 0.500. The van der Waals surface area contributed by atoms with Crippen LogP contribution in [0.2, 0.25) is 5.15 Å². The van der Waals surface area contributed by atoms with E-state index in [2.05, 4.69) is 4.98 Å². The summed E-state index contributed by atoms with van der Waals surface area (Å²) in [6.45, 7) is 1.88. The van der Waals surface area contributed by atoms with Crippen molar-refractivity contribution in [1.82, 2.24) is 9.38 Å². The Bertz CT molecular complexity index is 490. The molecule has 3 nitrogen and oxygen atoms in total. The lowest BCUT2D eigenvalue weighted by atomic mass is 10.2. The van der Waals surface area contributed by atoms with Crippen LogP contribution in [-0.4, -0.2) is 15.7 Å². The summed E-state index contributed by atoms with van der Waals surface area (Å²) in [5.41, 5.74) is 1.84. The Balaban J connectivity index is 2.64. The lowest BCUT2D eigenvalue weighted by Gasteiger charge is -1.99. The van der Waals surface area contributed by atoms with Crippen LogP contribution in [0, 0.1) is 6.92 Å². The van der Waals surface area contributed by atoms with E-state index in [0.29, 0.717) is 11.6 Å². The lowest BCUT2D eigenvalue weighted by molar-refractivity contribution is -0.107. The molecule has 0 aliphatic heterocycles. The van der Waals surface area contributed by atoms with Crippen molar-refractivity contribution in [2.45, 2.75) is 13.3 Å². The van der Waals surface area contributed by atoms with E-state index < -0.39 is 0 Å². The van der Waals surface area contributed by atoms with Crippen molar-refractivity contribution in [2.24, 2.45) is 0 Å². The molecule has 0 atom stereocenters. The summed E-state index contributed by atoms with van der Waals surface area (Å²) in [6, 6.07) is 3.76. The summed E-state index contributed by atoms with van der Waals surface area (Å²) >= 11 is 5.91. The Labute approximate surface area is 86.3 Å². The molecule has 0 spiro atoms. The summed E-state index contributed by atoms with van der Waals surface area (Å²) in [7, 11) is 0. The van der Waals surface area contributed by atoms with Gasteiger partial charge >= 0.3 is 0 Å². The Morgan fingerprint density at radius 3 is 3.07 bits per heavy atom. The molecule has 0 unspecified atom stereocenters. The summed E-state index contributed by atoms with van der Waals surface area (Å²) in [5.74, 6) is 0.831. The molecule has 0 fully saturated rings. The van der Waals surface area contributed by atoms with Gasteiger partial charge in [-0.05, 0) is 18.6 Å². The van der Waals surface area contributed by atoms with Crippen molar-refractivity contribution in [3.8, 4) is 0 Å². The number of hydrogen-bond donors (Lipinski definition) is 0. The molecule has 4 heteroatoms. The van der Waals surface area contributed by atoms with Gasteiger partial charge in [-0.25, -0.2) is 4.98 Å². The molecule has 2 aromatic rings. The first-order valence-electron chi connectivity index (χ1n) is 4.29. The number of aldehydes is 1. The van der Waals surface area contributed by atoms with Gasteiger partial charge in [0.2, 0.25) is 0 Å². The molecule has 0 saturated heterocycles. The first kappa shape index (κ1) is 9.21. The first-order valence-corrected chi connectivity index (χ1v) is 4.67. The molecular weight excluding hydrogens is 200 g/mol. The third-order valence-corrected chi connectivity index (χ3v) is 2.43. The van der Waals surface area contributed by atoms with E-state index in [4.69, 9.17) is 11.6 Å². The van der Waals surface area contributed by atoms with E-state index in [-0.39, 0.29) is 0 Å². The van der Waals surface area contributed by atoms with Crippen LogP contribution in [0.15, 0.2) is 18.3 Å². The van der Waals surface area contributed by atoms with Crippen molar-refractivity contribution in [2.75, 3.05) is 0 Å². The highest BCUT2D eigenvalue weighted by atomic mass is 35.5. The van der Waals surface area contributed by atoms with Crippen LogP contribution < -0.4 is 0 Å². The molecule has 0 aliphatic rings. The Hall–Kier alpha value is -1.35. The van der Waals surface area contributed by atoms with Gasteiger partial charge < -0.3 is 9.20 Å². The number of carbonyl (C=O) groups excluding carboxylic acids is 1. The average molecular weight is 209 g/mol. The summed E-state index contributed by atoms with van der Waals surface area (Å²) < 4.78 is 1.89. The number of pyridine rings is 1. The Morgan fingerprint density at radius 2 is 2.36 bits per heavy atom. The minimum atomic E-state index is 0.422. The maximum Gasteiger partial charge on any atom is 0.155 e. The van der Waals surface area contributed by atoms with Crippen molar-refractivity contribution < 1.29 is 4.79 Å². The highest BCUT2D eigenvalue weighted by molar-refractivity contribution is 6.32. The number of rotatable bonds is 2. The van der Waals surface area contributed by atoms with Gasteiger partial charge in [0.15, 0.2) is 5.15 Å². The van der Waals surface area contributed by atoms with Crippen LogP contribution in [0.4, 0.5) is 0 Å². The predicted octanol–water partition coefficient (Wildman–Crippen LogP) is 2.04. The van der Waals surface area contributed by atoms with Gasteiger partial charge in [0.25, 0.3) is 0 Å². The fourth-order valence-corrected chi connectivity index (χ4v) is 1.73. The molecule has 0 aliphatic carbocycles. The van der Waals surface area contributed by atoms with E-state index in [0.717, 1.165) is 23.2 Å². The molecule has 0 radical (unpaired) electrons. The van der Waals surface area contributed by atoms with Gasteiger partial charge in [-0.3, -0.25) is 0 Å².